The van der Waals surface area contributed by atoms with E-state index in [4.69, 9.17) is 9.47 Å². The highest BCUT2D eigenvalue weighted by Crippen LogP contribution is 2.46. The first kappa shape index (κ1) is 13.8. The smallest absolute Gasteiger partial charge is 0.307 e. The molecule has 2 fully saturated rings. The summed E-state index contributed by atoms with van der Waals surface area (Å²) in [7, 11) is 1.45. The van der Waals surface area contributed by atoms with Crippen molar-refractivity contribution in [2.75, 3.05) is 20.3 Å². The SMILES string of the molecule is COC(=O)CC(C)NC1CCCC12CCOCC2. The van der Waals surface area contributed by atoms with Gasteiger partial charge in [-0.2, -0.15) is 0 Å². The van der Waals surface area contributed by atoms with Crippen molar-refractivity contribution in [3.8, 4) is 0 Å². The number of hydrogen-bond acceptors (Lipinski definition) is 4. The minimum Gasteiger partial charge on any atom is -0.469 e. The Morgan fingerprint density at radius 3 is 2.83 bits per heavy atom. The van der Waals surface area contributed by atoms with E-state index in [-0.39, 0.29) is 12.0 Å². The zero-order chi connectivity index (χ0) is 13.0. The first-order chi connectivity index (χ1) is 8.66. The molecule has 104 valence electrons. The molecule has 0 aromatic carbocycles. The van der Waals surface area contributed by atoms with Crippen LogP contribution in [0.2, 0.25) is 0 Å². The molecule has 0 bridgehead atoms. The normalized spacial score (nSPS) is 28.2. The molecule has 1 aliphatic heterocycles. The Bertz CT molecular complexity index is 287. The summed E-state index contributed by atoms with van der Waals surface area (Å²) >= 11 is 0. The van der Waals surface area contributed by atoms with Crippen LogP contribution in [0.4, 0.5) is 0 Å². The summed E-state index contributed by atoms with van der Waals surface area (Å²) in [4.78, 5) is 11.3. The van der Waals surface area contributed by atoms with Crippen LogP contribution in [0.1, 0.15) is 45.4 Å². The van der Waals surface area contributed by atoms with E-state index in [1.807, 2.05) is 0 Å². The van der Waals surface area contributed by atoms with Gasteiger partial charge in [0, 0.05) is 25.3 Å². The van der Waals surface area contributed by atoms with Gasteiger partial charge in [-0.3, -0.25) is 4.79 Å². The Balaban J connectivity index is 1.89. The van der Waals surface area contributed by atoms with Crippen molar-refractivity contribution in [3.63, 3.8) is 0 Å². The zero-order valence-corrected chi connectivity index (χ0v) is 11.5. The second-order valence-electron chi connectivity index (χ2n) is 5.77. The van der Waals surface area contributed by atoms with Gasteiger partial charge in [0.1, 0.15) is 0 Å². The van der Waals surface area contributed by atoms with Crippen molar-refractivity contribution >= 4 is 5.97 Å². The lowest BCUT2D eigenvalue weighted by Crippen LogP contribution is -2.48. The maximum atomic E-state index is 11.3. The fourth-order valence-electron chi connectivity index (χ4n) is 3.51. The summed E-state index contributed by atoms with van der Waals surface area (Å²) in [6.07, 6.45) is 6.61. The largest absolute Gasteiger partial charge is 0.469 e. The van der Waals surface area contributed by atoms with E-state index in [1.165, 1.54) is 26.4 Å². The fourth-order valence-corrected chi connectivity index (χ4v) is 3.51. The summed E-state index contributed by atoms with van der Waals surface area (Å²) in [5.41, 5.74) is 0.419. The predicted octanol–water partition coefficient (Wildman–Crippen LogP) is 1.88. The van der Waals surface area contributed by atoms with E-state index in [2.05, 4.69) is 12.2 Å². The van der Waals surface area contributed by atoms with Crippen LogP contribution in [0.5, 0.6) is 0 Å². The first-order valence-electron chi connectivity index (χ1n) is 7.07. The van der Waals surface area contributed by atoms with Gasteiger partial charge in [-0.05, 0) is 38.0 Å². The Hall–Kier alpha value is -0.610. The third kappa shape index (κ3) is 3.04. The van der Waals surface area contributed by atoms with Crippen molar-refractivity contribution < 1.29 is 14.3 Å². The molecule has 1 aliphatic carbocycles. The molecule has 4 nitrogen and oxygen atoms in total. The van der Waals surface area contributed by atoms with Gasteiger partial charge in [0.25, 0.3) is 0 Å². The lowest BCUT2D eigenvalue weighted by molar-refractivity contribution is -0.141. The average Bonchev–Trinajstić information content (AvgIpc) is 2.73. The number of methoxy groups -OCH3 is 1. The molecule has 1 saturated heterocycles. The number of carbonyl (C=O) groups is 1. The van der Waals surface area contributed by atoms with Gasteiger partial charge in [0.05, 0.1) is 13.5 Å². The van der Waals surface area contributed by atoms with Crippen LogP contribution in [0.15, 0.2) is 0 Å². The molecule has 4 heteroatoms. The lowest BCUT2D eigenvalue weighted by Gasteiger charge is -2.40. The third-order valence-corrected chi connectivity index (χ3v) is 4.58. The molecule has 18 heavy (non-hydrogen) atoms. The third-order valence-electron chi connectivity index (χ3n) is 4.58. The number of hydrogen-bond donors (Lipinski definition) is 1. The maximum absolute atomic E-state index is 11.3. The number of carbonyl (C=O) groups excluding carboxylic acids is 1. The van der Waals surface area contributed by atoms with Crippen LogP contribution in [0.3, 0.4) is 0 Å². The van der Waals surface area contributed by atoms with Gasteiger partial charge in [0.2, 0.25) is 0 Å². The highest BCUT2D eigenvalue weighted by Gasteiger charge is 2.43. The highest BCUT2D eigenvalue weighted by atomic mass is 16.5. The van der Waals surface area contributed by atoms with Crippen molar-refractivity contribution in [1.29, 1.82) is 0 Å². The molecule has 0 aromatic rings. The quantitative estimate of drug-likeness (QED) is 0.779. The average molecular weight is 255 g/mol. The Labute approximate surface area is 109 Å². The molecule has 2 rings (SSSR count). The van der Waals surface area contributed by atoms with E-state index in [0.29, 0.717) is 17.9 Å². The van der Waals surface area contributed by atoms with Crippen LogP contribution in [-0.2, 0) is 14.3 Å². The summed E-state index contributed by atoms with van der Waals surface area (Å²) < 4.78 is 10.2. The van der Waals surface area contributed by atoms with E-state index in [9.17, 15) is 4.79 Å². The second kappa shape index (κ2) is 6.02. The Morgan fingerprint density at radius 2 is 2.17 bits per heavy atom. The molecule has 2 aliphatic rings. The monoisotopic (exact) mass is 255 g/mol. The Morgan fingerprint density at radius 1 is 1.44 bits per heavy atom. The van der Waals surface area contributed by atoms with Crippen molar-refractivity contribution in [2.45, 2.75) is 57.5 Å². The number of esters is 1. The fraction of sp³-hybridized carbons (Fsp3) is 0.929. The molecule has 0 aromatic heterocycles. The first-order valence-corrected chi connectivity index (χ1v) is 7.07. The molecule has 0 radical (unpaired) electrons. The predicted molar refractivity (Wildman–Crippen MR) is 69.4 cm³/mol. The van der Waals surface area contributed by atoms with E-state index in [1.54, 1.807) is 0 Å². The topological polar surface area (TPSA) is 47.6 Å². The molecule has 2 atom stereocenters. The summed E-state index contributed by atoms with van der Waals surface area (Å²) in [5, 5.41) is 3.65. The number of rotatable bonds is 4. The second-order valence-corrected chi connectivity index (χ2v) is 5.77. The minimum absolute atomic E-state index is 0.131. The van der Waals surface area contributed by atoms with E-state index >= 15 is 0 Å². The van der Waals surface area contributed by atoms with Gasteiger partial charge < -0.3 is 14.8 Å². The Kier molecular flexibility index (Phi) is 4.62. The van der Waals surface area contributed by atoms with Crippen LogP contribution < -0.4 is 5.32 Å². The number of nitrogens with one attached hydrogen (secondary N) is 1. The van der Waals surface area contributed by atoms with Crippen molar-refractivity contribution in [3.05, 3.63) is 0 Å². The molecular weight excluding hydrogens is 230 g/mol. The van der Waals surface area contributed by atoms with E-state index < -0.39 is 0 Å². The molecule has 2 unspecified atom stereocenters. The van der Waals surface area contributed by atoms with Gasteiger partial charge in [-0.25, -0.2) is 0 Å². The molecule has 1 saturated carbocycles. The van der Waals surface area contributed by atoms with E-state index in [0.717, 1.165) is 26.1 Å². The maximum Gasteiger partial charge on any atom is 0.307 e. The minimum atomic E-state index is -0.131. The summed E-state index contributed by atoms with van der Waals surface area (Å²) in [5.74, 6) is -0.131. The molecule has 1 N–H and O–H groups in total. The molecular formula is C14H25NO3. The number of ether oxygens (including phenoxy) is 2. The molecule has 1 heterocycles. The van der Waals surface area contributed by atoms with Crippen molar-refractivity contribution in [2.24, 2.45) is 5.41 Å². The van der Waals surface area contributed by atoms with Crippen molar-refractivity contribution in [1.82, 2.24) is 5.32 Å². The van der Waals surface area contributed by atoms with Gasteiger partial charge >= 0.3 is 5.97 Å². The van der Waals surface area contributed by atoms with Crippen LogP contribution >= 0.6 is 0 Å². The summed E-state index contributed by atoms with van der Waals surface area (Å²) in [6.45, 7) is 3.86. The van der Waals surface area contributed by atoms with Gasteiger partial charge in [-0.1, -0.05) is 6.42 Å². The standard InChI is InChI=1S/C14H25NO3/c1-11(10-13(16)17-2)15-12-4-3-5-14(12)6-8-18-9-7-14/h11-12,15H,3-10H2,1-2H3. The van der Waals surface area contributed by atoms with Gasteiger partial charge in [0.15, 0.2) is 0 Å². The van der Waals surface area contributed by atoms with Gasteiger partial charge in [-0.15, -0.1) is 0 Å². The zero-order valence-electron chi connectivity index (χ0n) is 11.5. The van der Waals surface area contributed by atoms with Crippen LogP contribution in [0.25, 0.3) is 0 Å². The lowest BCUT2D eigenvalue weighted by atomic mass is 9.75. The van der Waals surface area contributed by atoms with Crippen LogP contribution in [0, 0.1) is 5.41 Å². The highest BCUT2D eigenvalue weighted by molar-refractivity contribution is 5.69. The summed E-state index contributed by atoms with van der Waals surface area (Å²) in [6, 6.07) is 0.737. The molecule has 1 spiro atoms. The van der Waals surface area contributed by atoms with Crippen LogP contribution in [-0.4, -0.2) is 38.4 Å². The molecule has 0 amide bonds.